The molecule has 1 aromatic rings. The van der Waals surface area contributed by atoms with Crippen molar-refractivity contribution in [3.8, 4) is 0 Å². The summed E-state index contributed by atoms with van der Waals surface area (Å²) in [5.41, 5.74) is -0.906. The molecule has 0 aromatic heterocycles. The molecule has 0 aliphatic rings. The Morgan fingerprint density at radius 1 is 1.24 bits per heavy atom. The van der Waals surface area contributed by atoms with Crippen molar-refractivity contribution in [3.05, 3.63) is 35.9 Å². The first-order valence-electron chi connectivity index (χ1n) is 6.71. The average molecular weight is 292 g/mol. The van der Waals surface area contributed by atoms with Crippen molar-refractivity contribution in [2.45, 2.75) is 38.8 Å². The topological polar surface area (TPSA) is 95.5 Å². The van der Waals surface area contributed by atoms with E-state index in [1.807, 2.05) is 0 Å². The van der Waals surface area contributed by atoms with Crippen molar-refractivity contribution < 1.29 is 19.5 Å². The zero-order valence-corrected chi connectivity index (χ0v) is 12.3. The van der Waals surface area contributed by atoms with Crippen LogP contribution in [0.15, 0.2) is 30.3 Å². The van der Waals surface area contributed by atoms with Gasteiger partial charge in [0.1, 0.15) is 11.6 Å². The molecule has 3 N–H and O–H groups in total. The van der Waals surface area contributed by atoms with E-state index in [0.717, 1.165) is 0 Å². The lowest BCUT2D eigenvalue weighted by Gasteiger charge is -2.26. The summed E-state index contributed by atoms with van der Waals surface area (Å²) in [4.78, 5) is 35.1. The van der Waals surface area contributed by atoms with Gasteiger partial charge in [-0.3, -0.25) is 9.59 Å². The van der Waals surface area contributed by atoms with Gasteiger partial charge >= 0.3 is 5.97 Å². The number of carboxylic acids is 1. The number of hydrogen-bond donors (Lipinski definition) is 3. The van der Waals surface area contributed by atoms with Gasteiger partial charge in [0.15, 0.2) is 0 Å². The molecule has 0 saturated heterocycles. The van der Waals surface area contributed by atoms with Crippen molar-refractivity contribution >= 4 is 17.8 Å². The fourth-order valence-corrected chi connectivity index (χ4v) is 1.61. The number of rotatable bonds is 6. The molecule has 1 rings (SSSR count). The summed E-state index contributed by atoms with van der Waals surface area (Å²) in [6.45, 7) is 4.61. The third-order valence-electron chi connectivity index (χ3n) is 3.36. The van der Waals surface area contributed by atoms with Crippen LogP contribution in [0.1, 0.15) is 37.6 Å². The highest BCUT2D eigenvalue weighted by molar-refractivity contribution is 5.98. The lowest BCUT2D eigenvalue weighted by Crippen LogP contribution is -2.56. The minimum atomic E-state index is -1.34. The molecule has 2 atom stereocenters. The first-order valence-corrected chi connectivity index (χ1v) is 6.71. The Morgan fingerprint density at radius 2 is 1.81 bits per heavy atom. The SMILES string of the molecule is CCC(C)(NC(=O)C(C)NC(=O)c1ccccc1)C(=O)O. The first kappa shape index (κ1) is 16.7. The molecule has 0 fully saturated rings. The van der Waals surface area contributed by atoms with E-state index in [1.165, 1.54) is 13.8 Å². The Morgan fingerprint density at radius 3 is 2.29 bits per heavy atom. The van der Waals surface area contributed by atoms with E-state index < -0.39 is 23.5 Å². The second-order valence-corrected chi connectivity index (χ2v) is 5.04. The number of amides is 2. The van der Waals surface area contributed by atoms with Crippen LogP contribution in [0.25, 0.3) is 0 Å². The molecule has 0 heterocycles. The van der Waals surface area contributed by atoms with Crippen LogP contribution in [0.4, 0.5) is 0 Å². The van der Waals surface area contributed by atoms with Crippen LogP contribution in [-0.2, 0) is 9.59 Å². The Kier molecular flexibility index (Phi) is 5.46. The third kappa shape index (κ3) is 4.30. The molecule has 114 valence electrons. The summed E-state index contributed by atoms with van der Waals surface area (Å²) in [5, 5.41) is 14.1. The maximum atomic E-state index is 12.0. The summed E-state index contributed by atoms with van der Waals surface area (Å²) < 4.78 is 0. The van der Waals surface area contributed by atoms with Crippen LogP contribution in [-0.4, -0.2) is 34.5 Å². The fourth-order valence-electron chi connectivity index (χ4n) is 1.61. The van der Waals surface area contributed by atoms with E-state index in [9.17, 15) is 14.4 Å². The number of carboxylic acid groups (broad SMARTS) is 1. The molecule has 21 heavy (non-hydrogen) atoms. The lowest BCUT2D eigenvalue weighted by atomic mass is 9.98. The van der Waals surface area contributed by atoms with Gasteiger partial charge in [-0.25, -0.2) is 4.79 Å². The molecule has 2 unspecified atom stereocenters. The molecule has 0 aliphatic carbocycles. The summed E-state index contributed by atoms with van der Waals surface area (Å²) in [6.07, 6.45) is 0.243. The van der Waals surface area contributed by atoms with E-state index in [-0.39, 0.29) is 12.3 Å². The molecular formula is C15H20N2O4. The zero-order chi connectivity index (χ0) is 16.0. The van der Waals surface area contributed by atoms with Crippen LogP contribution >= 0.6 is 0 Å². The third-order valence-corrected chi connectivity index (χ3v) is 3.36. The Hall–Kier alpha value is -2.37. The van der Waals surface area contributed by atoms with Crippen molar-refractivity contribution in [1.29, 1.82) is 0 Å². The summed E-state index contributed by atoms with van der Waals surface area (Å²) in [7, 11) is 0. The normalized spacial score (nSPS) is 14.6. The molecule has 6 nitrogen and oxygen atoms in total. The standard InChI is InChI=1S/C15H20N2O4/c1-4-15(3,14(20)21)17-12(18)10(2)16-13(19)11-8-6-5-7-9-11/h5-10H,4H2,1-3H3,(H,16,19)(H,17,18)(H,20,21). The monoisotopic (exact) mass is 292 g/mol. The molecule has 0 radical (unpaired) electrons. The molecule has 6 heteroatoms. The van der Waals surface area contributed by atoms with Gasteiger partial charge < -0.3 is 15.7 Å². The minimum Gasteiger partial charge on any atom is -0.480 e. The summed E-state index contributed by atoms with van der Waals surface area (Å²) >= 11 is 0. The second kappa shape index (κ2) is 6.88. The highest BCUT2D eigenvalue weighted by Gasteiger charge is 2.34. The van der Waals surface area contributed by atoms with Gasteiger partial charge in [0.2, 0.25) is 5.91 Å². The van der Waals surface area contributed by atoms with Gasteiger partial charge in [-0.1, -0.05) is 25.1 Å². The molecule has 1 aromatic carbocycles. The number of aliphatic carboxylic acids is 1. The van der Waals surface area contributed by atoms with Crippen LogP contribution < -0.4 is 10.6 Å². The predicted octanol–water partition coefficient (Wildman–Crippen LogP) is 1.17. The lowest BCUT2D eigenvalue weighted by molar-refractivity contribution is -0.147. The van der Waals surface area contributed by atoms with Crippen molar-refractivity contribution in [2.24, 2.45) is 0 Å². The van der Waals surface area contributed by atoms with Gasteiger partial charge in [-0.05, 0) is 32.4 Å². The zero-order valence-electron chi connectivity index (χ0n) is 12.3. The second-order valence-electron chi connectivity index (χ2n) is 5.04. The number of nitrogens with one attached hydrogen (secondary N) is 2. The van der Waals surface area contributed by atoms with Gasteiger partial charge in [-0.15, -0.1) is 0 Å². The van der Waals surface area contributed by atoms with Crippen molar-refractivity contribution in [1.82, 2.24) is 10.6 Å². The highest BCUT2D eigenvalue weighted by atomic mass is 16.4. The molecule has 0 bridgehead atoms. The van der Waals surface area contributed by atoms with Gasteiger partial charge in [0.25, 0.3) is 5.91 Å². The fraction of sp³-hybridized carbons (Fsp3) is 0.400. The van der Waals surface area contributed by atoms with E-state index >= 15 is 0 Å². The van der Waals surface area contributed by atoms with E-state index in [0.29, 0.717) is 5.56 Å². The predicted molar refractivity (Wildman–Crippen MR) is 77.8 cm³/mol. The molecular weight excluding hydrogens is 272 g/mol. The van der Waals surface area contributed by atoms with Crippen molar-refractivity contribution in [3.63, 3.8) is 0 Å². The van der Waals surface area contributed by atoms with Crippen LogP contribution in [0.3, 0.4) is 0 Å². The number of carbonyl (C=O) groups excluding carboxylic acids is 2. The maximum absolute atomic E-state index is 12.0. The average Bonchev–Trinajstić information content (AvgIpc) is 2.47. The Balaban J connectivity index is 2.67. The van der Waals surface area contributed by atoms with E-state index in [4.69, 9.17) is 5.11 Å². The molecule has 2 amide bonds. The quantitative estimate of drug-likeness (QED) is 0.733. The Bertz CT molecular complexity index is 530. The first-order chi connectivity index (χ1) is 9.80. The van der Waals surface area contributed by atoms with Crippen LogP contribution in [0.5, 0.6) is 0 Å². The summed E-state index contributed by atoms with van der Waals surface area (Å²) in [6, 6.07) is 7.66. The van der Waals surface area contributed by atoms with Gasteiger partial charge in [0, 0.05) is 5.56 Å². The highest BCUT2D eigenvalue weighted by Crippen LogP contribution is 2.09. The van der Waals surface area contributed by atoms with Crippen LogP contribution in [0, 0.1) is 0 Å². The Labute approximate surface area is 123 Å². The van der Waals surface area contributed by atoms with E-state index in [1.54, 1.807) is 37.3 Å². The van der Waals surface area contributed by atoms with Gasteiger partial charge in [-0.2, -0.15) is 0 Å². The number of benzene rings is 1. The molecule has 0 spiro atoms. The minimum absolute atomic E-state index is 0.243. The van der Waals surface area contributed by atoms with Gasteiger partial charge in [0.05, 0.1) is 0 Å². The number of hydrogen-bond acceptors (Lipinski definition) is 3. The summed E-state index contributed by atoms with van der Waals surface area (Å²) in [5.74, 6) is -2.03. The van der Waals surface area contributed by atoms with Crippen LogP contribution in [0.2, 0.25) is 0 Å². The van der Waals surface area contributed by atoms with Crippen molar-refractivity contribution in [2.75, 3.05) is 0 Å². The largest absolute Gasteiger partial charge is 0.480 e. The molecule has 0 saturated carbocycles. The van der Waals surface area contributed by atoms with E-state index in [2.05, 4.69) is 10.6 Å². The smallest absolute Gasteiger partial charge is 0.329 e. The maximum Gasteiger partial charge on any atom is 0.329 e. The molecule has 0 aliphatic heterocycles. The number of carbonyl (C=O) groups is 3.